The third kappa shape index (κ3) is 3.88. The molecule has 0 bridgehead atoms. The Morgan fingerprint density at radius 1 is 1.58 bits per heavy atom. The minimum Gasteiger partial charge on any atom is -0.393 e. The van der Waals surface area contributed by atoms with Crippen molar-refractivity contribution in [2.24, 2.45) is 0 Å². The summed E-state index contributed by atoms with van der Waals surface area (Å²) in [7, 11) is 0. The third-order valence-electron chi connectivity index (χ3n) is 2.38. The molecular weight excluding hydrogens is 276 g/mol. The Morgan fingerprint density at radius 3 is 2.74 bits per heavy atom. The predicted molar refractivity (Wildman–Crippen MR) is 68.1 cm³/mol. The summed E-state index contributed by atoms with van der Waals surface area (Å²) in [5.41, 5.74) is -2.19. The van der Waals surface area contributed by atoms with Crippen LogP contribution in [0.4, 0.5) is 5.69 Å². The molecule has 0 fully saturated rings. The molecule has 1 rings (SSSR count). The van der Waals surface area contributed by atoms with Crippen molar-refractivity contribution < 1.29 is 19.9 Å². The molecule has 1 aromatic rings. The van der Waals surface area contributed by atoms with Gasteiger partial charge in [-0.15, -0.1) is 0 Å². The van der Waals surface area contributed by atoms with Gasteiger partial charge in [-0.05, 0) is 19.1 Å². The Kier molecular flexibility index (Phi) is 4.82. The average molecular weight is 289 g/mol. The van der Waals surface area contributed by atoms with E-state index >= 15 is 0 Å². The number of benzene rings is 1. The fourth-order valence-corrected chi connectivity index (χ4v) is 1.55. The standard InChI is InChI=1S/C11H13ClN2O5/c1-11(17,6-15)5-13-10(16)7-3-2-4-8(12)9(7)14(18)19/h2-4,15,17H,5-6H2,1H3,(H,13,16). The molecule has 104 valence electrons. The molecule has 0 radical (unpaired) electrons. The van der Waals surface area contributed by atoms with E-state index in [4.69, 9.17) is 16.7 Å². The number of carbonyl (C=O) groups excluding carboxylic acids is 1. The molecule has 0 spiro atoms. The van der Waals surface area contributed by atoms with Crippen molar-refractivity contribution in [2.75, 3.05) is 13.2 Å². The van der Waals surface area contributed by atoms with Gasteiger partial charge in [0.2, 0.25) is 0 Å². The summed E-state index contributed by atoms with van der Waals surface area (Å²) in [5.74, 6) is -0.747. The first-order valence-corrected chi connectivity index (χ1v) is 5.70. The summed E-state index contributed by atoms with van der Waals surface area (Å²) in [6.07, 6.45) is 0. The van der Waals surface area contributed by atoms with Crippen LogP contribution in [0.1, 0.15) is 17.3 Å². The van der Waals surface area contributed by atoms with Crippen LogP contribution >= 0.6 is 11.6 Å². The fraction of sp³-hybridized carbons (Fsp3) is 0.364. The molecular formula is C11H13ClN2O5. The van der Waals surface area contributed by atoms with Crippen LogP contribution in [0, 0.1) is 10.1 Å². The monoisotopic (exact) mass is 288 g/mol. The SMILES string of the molecule is CC(O)(CO)CNC(=O)c1cccc(Cl)c1[N+](=O)[O-]. The van der Waals surface area contributed by atoms with E-state index in [9.17, 15) is 20.0 Å². The number of nitrogens with one attached hydrogen (secondary N) is 1. The highest BCUT2D eigenvalue weighted by Gasteiger charge is 2.26. The van der Waals surface area contributed by atoms with Crippen molar-refractivity contribution in [2.45, 2.75) is 12.5 Å². The Bertz CT molecular complexity index is 504. The number of halogens is 1. The average Bonchev–Trinajstić information content (AvgIpc) is 2.35. The Hall–Kier alpha value is -1.70. The maximum absolute atomic E-state index is 11.8. The maximum Gasteiger partial charge on any atom is 0.300 e. The number of nitro groups is 1. The molecule has 0 heterocycles. The lowest BCUT2D eigenvalue weighted by Gasteiger charge is -2.20. The van der Waals surface area contributed by atoms with Gasteiger partial charge in [-0.2, -0.15) is 0 Å². The van der Waals surface area contributed by atoms with Crippen LogP contribution in [-0.4, -0.2) is 39.8 Å². The molecule has 0 aromatic heterocycles. The molecule has 0 saturated carbocycles. The number of nitrogens with zero attached hydrogens (tertiary/aromatic N) is 1. The first kappa shape index (κ1) is 15.4. The molecule has 1 atom stereocenters. The van der Waals surface area contributed by atoms with E-state index in [0.717, 1.165) is 0 Å². The largest absolute Gasteiger partial charge is 0.393 e. The predicted octanol–water partition coefficient (Wildman–Crippen LogP) is 0.721. The van der Waals surface area contributed by atoms with Gasteiger partial charge < -0.3 is 15.5 Å². The van der Waals surface area contributed by atoms with Crippen molar-refractivity contribution >= 4 is 23.2 Å². The van der Waals surface area contributed by atoms with Crippen molar-refractivity contribution in [3.63, 3.8) is 0 Å². The van der Waals surface area contributed by atoms with Crippen LogP contribution in [0.15, 0.2) is 18.2 Å². The van der Waals surface area contributed by atoms with E-state index in [0.29, 0.717) is 0 Å². The van der Waals surface area contributed by atoms with Gasteiger partial charge in [-0.3, -0.25) is 14.9 Å². The molecule has 0 aliphatic carbocycles. The first-order chi connectivity index (χ1) is 8.78. The van der Waals surface area contributed by atoms with Crippen LogP contribution in [0.2, 0.25) is 5.02 Å². The molecule has 3 N–H and O–H groups in total. The zero-order valence-corrected chi connectivity index (χ0v) is 10.8. The van der Waals surface area contributed by atoms with Gasteiger partial charge in [0.05, 0.1) is 11.5 Å². The number of aliphatic hydroxyl groups excluding tert-OH is 1. The zero-order chi connectivity index (χ0) is 14.6. The quantitative estimate of drug-likeness (QED) is 0.546. The van der Waals surface area contributed by atoms with E-state index in [2.05, 4.69) is 5.32 Å². The Balaban J connectivity index is 2.95. The molecule has 7 nitrogen and oxygen atoms in total. The highest BCUT2D eigenvalue weighted by Crippen LogP contribution is 2.28. The van der Waals surface area contributed by atoms with Crippen molar-refractivity contribution in [1.29, 1.82) is 0 Å². The number of rotatable bonds is 5. The topological polar surface area (TPSA) is 113 Å². The van der Waals surface area contributed by atoms with Crippen LogP contribution in [0.5, 0.6) is 0 Å². The normalized spacial score (nSPS) is 13.7. The second-order valence-electron chi connectivity index (χ2n) is 4.23. The molecule has 0 aliphatic rings. The minimum atomic E-state index is -1.50. The van der Waals surface area contributed by atoms with Gasteiger partial charge in [0.15, 0.2) is 0 Å². The van der Waals surface area contributed by atoms with Gasteiger partial charge in [-0.1, -0.05) is 17.7 Å². The van der Waals surface area contributed by atoms with Crippen molar-refractivity contribution in [3.8, 4) is 0 Å². The number of carbonyl (C=O) groups is 1. The van der Waals surface area contributed by atoms with Gasteiger partial charge >= 0.3 is 5.69 Å². The lowest BCUT2D eigenvalue weighted by Crippen LogP contribution is -2.43. The molecule has 0 aliphatic heterocycles. The van der Waals surface area contributed by atoms with E-state index in [1.54, 1.807) is 0 Å². The van der Waals surface area contributed by atoms with E-state index < -0.39 is 28.7 Å². The van der Waals surface area contributed by atoms with E-state index in [-0.39, 0.29) is 17.1 Å². The smallest absolute Gasteiger partial charge is 0.300 e. The minimum absolute atomic E-state index is 0.147. The van der Waals surface area contributed by atoms with E-state index in [1.807, 2.05) is 0 Å². The highest BCUT2D eigenvalue weighted by molar-refractivity contribution is 6.33. The molecule has 19 heavy (non-hydrogen) atoms. The summed E-state index contributed by atoms with van der Waals surface area (Å²) >= 11 is 5.67. The van der Waals surface area contributed by atoms with Gasteiger partial charge in [0, 0.05) is 6.54 Å². The van der Waals surface area contributed by atoms with Crippen LogP contribution in [0.25, 0.3) is 0 Å². The summed E-state index contributed by atoms with van der Waals surface area (Å²) in [4.78, 5) is 21.9. The number of amides is 1. The summed E-state index contributed by atoms with van der Waals surface area (Å²) in [6, 6.07) is 3.97. The molecule has 8 heteroatoms. The van der Waals surface area contributed by atoms with Gasteiger partial charge in [-0.25, -0.2) is 0 Å². The molecule has 1 aromatic carbocycles. The van der Waals surface area contributed by atoms with Crippen LogP contribution in [-0.2, 0) is 0 Å². The molecule has 0 saturated heterocycles. The van der Waals surface area contributed by atoms with Crippen LogP contribution < -0.4 is 5.32 Å². The van der Waals surface area contributed by atoms with Gasteiger partial charge in [0.25, 0.3) is 5.91 Å². The lowest BCUT2D eigenvalue weighted by molar-refractivity contribution is -0.385. The Morgan fingerprint density at radius 2 is 2.21 bits per heavy atom. The van der Waals surface area contributed by atoms with Crippen LogP contribution in [0.3, 0.4) is 0 Å². The lowest BCUT2D eigenvalue weighted by atomic mass is 10.1. The third-order valence-corrected chi connectivity index (χ3v) is 2.69. The summed E-state index contributed by atoms with van der Waals surface area (Å²) in [5, 5.41) is 31.4. The number of nitro benzene ring substituents is 1. The number of hydrogen-bond donors (Lipinski definition) is 3. The van der Waals surface area contributed by atoms with Crippen molar-refractivity contribution in [3.05, 3.63) is 38.9 Å². The first-order valence-electron chi connectivity index (χ1n) is 5.33. The number of hydrogen-bond acceptors (Lipinski definition) is 5. The Labute approximate surface area is 114 Å². The maximum atomic E-state index is 11.8. The second kappa shape index (κ2) is 5.96. The molecule has 1 amide bonds. The second-order valence-corrected chi connectivity index (χ2v) is 4.64. The molecule has 1 unspecified atom stereocenters. The zero-order valence-electron chi connectivity index (χ0n) is 10.1. The van der Waals surface area contributed by atoms with Crippen molar-refractivity contribution in [1.82, 2.24) is 5.32 Å². The fourth-order valence-electron chi connectivity index (χ4n) is 1.31. The number of para-hydroxylation sites is 1. The van der Waals surface area contributed by atoms with E-state index in [1.165, 1.54) is 25.1 Å². The summed E-state index contributed by atoms with van der Waals surface area (Å²) in [6.45, 7) is 0.524. The summed E-state index contributed by atoms with van der Waals surface area (Å²) < 4.78 is 0. The number of aliphatic hydroxyl groups is 2. The highest BCUT2D eigenvalue weighted by atomic mass is 35.5. The van der Waals surface area contributed by atoms with Gasteiger partial charge in [0.1, 0.15) is 16.2 Å².